The van der Waals surface area contributed by atoms with E-state index in [4.69, 9.17) is 26.3 Å². The molecular formula is C12H12ClNO3. The zero-order valence-electron chi connectivity index (χ0n) is 9.62. The molecule has 0 fully saturated rings. The molecule has 1 aromatic carbocycles. The number of benzene rings is 1. The van der Waals surface area contributed by atoms with Crippen molar-refractivity contribution < 1.29 is 14.3 Å². The molecule has 0 atom stereocenters. The smallest absolute Gasteiger partial charge is 0.338 e. The first-order chi connectivity index (χ1) is 8.17. The van der Waals surface area contributed by atoms with Crippen molar-refractivity contribution in [1.82, 2.24) is 0 Å². The molecule has 0 unspecified atom stereocenters. The van der Waals surface area contributed by atoms with E-state index in [0.29, 0.717) is 16.9 Å². The Bertz CT molecular complexity index is 466. The second-order valence-electron chi connectivity index (χ2n) is 3.17. The van der Waals surface area contributed by atoms with Crippen LogP contribution in [-0.4, -0.2) is 19.7 Å². The minimum Gasteiger partial charge on any atom is -0.496 e. The molecule has 5 heteroatoms. The quantitative estimate of drug-likeness (QED) is 0.611. The number of alkyl halides is 1. The Morgan fingerprint density at radius 2 is 2.24 bits per heavy atom. The SMILES string of the molecule is CCOC(=O)c1cc(C#N)cc(OC)c1CCl. The van der Waals surface area contributed by atoms with Crippen LogP contribution in [0.15, 0.2) is 12.1 Å². The van der Waals surface area contributed by atoms with Crippen LogP contribution in [0.4, 0.5) is 0 Å². The van der Waals surface area contributed by atoms with Crippen LogP contribution in [0, 0.1) is 11.3 Å². The minimum absolute atomic E-state index is 0.114. The summed E-state index contributed by atoms with van der Waals surface area (Å²) in [6.45, 7) is 1.98. The van der Waals surface area contributed by atoms with Crippen molar-refractivity contribution >= 4 is 17.6 Å². The average molecular weight is 254 g/mol. The fourth-order valence-electron chi connectivity index (χ4n) is 1.42. The highest BCUT2D eigenvalue weighted by molar-refractivity contribution is 6.18. The van der Waals surface area contributed by atoms with Gasteiger partial charge in [0.2, 0.25) is 0 Å². The molecule has 0 bridgehead atoms. The number of nitrogens with zero attached hydrogens (tertiary/aromatic N) is 1. The van der Waals surface area contributed by atoms with Crippen LogP contribution in [-0.2, 0) is 10.6 Å². The summed E-state index contributed by atoms with van der Waals surface area (Å²) in [5, 5.41) is 8.87. The lowest BCUT2D eigenvalue weighted by atomic mass is 10.0. The van der Waals surface area contributed by atoms with Gasteiger partial charge < -0.3 is 9.47 Å². The first-order valence-electron chi connectivity index (χ1n) is 5.02. The predicted octanol–water partition coefficient (Wildman–Crippen LogP) is 2.48. The molecule has 0 radical (unpaired) electrons. The van der Waals surface area contributed by atoms with E-state index in [2.05, 4.69) is 0 Å². The third-order valence-electron chi connectivity index (χ3n) is 2.19. The van der Waals surface area contributed by atoms with Crippen molar-refractivity contribution in [3.63, 3.8) is 0 Å². The van der Waals surface area contributed by atoms with Crippen LogP contribution in [0.3, 0.4) is 0 Å². The first-order valence-corrected chi connectivity index (χ1v) is 5.55. The number of hydrogen-bond acceptors (Lipinski definition) is 4. The standard InChI is InChI=1S/C12H12ClNO3/c1-3-17-12(15)9-4-8(7-14)5-11(16-2)10(9)6-13/h4-5H,3,6H2,1-2H3. The summed E-state index contributed by atoms with van der Waals surface area (Å²) in [4.78, 5) is 11.7. The molecule has 1 rings (SSSR count). The Labute approximate surface area is 105 Å². The molecule has 0 saturated carbocycles. The lowest BCUT2D eigenvalue weighted by Gasteiger charge is -2.11. The summed E-state index contributed by atoms with van der Waals surface area (Å²) in [5.74, 6) is 0.0314. The number of carbonyl (C=O) groups excluding carboxylic acids is 1. The van der Waals surface area contributed by atoms with Crippen LogP contribution >= 0.6 is 11.6 Å². The van der Waals surface area contributed by atoms with E-state index in [1.165, 1.54) is 13.2 Å². The summed E-state index contributed by atoms with van der Waals surface area (Å²) in [6, 6.07) is 4.96. The van der Waals surface area contributed by atoms with Gasteiger partial charge in [0.15, 0.2) is 0 Å². The Morgan fingerprint density at radius 1 is 1.53 bits per heavy atom. The molecule has 0 spiro atoms. The average Bonchev–Trinajstić information content (AvgIpc) is 2.37. The molecule has 0 saturated heterocycles. The summed E-state index contributed by atoms with van der Waals surface area (Å²) in [5.41, 5.74) is 1.14. The molecule has 0 aliphatic rings. The van der Waals surface area contributed by atoms with Crippen LogP contribution < -0.4 is 4.74 Å². The maximum Gasteiger partial charge on any atom is 0.338 e. The molecule has 0 heterocycles. The van der Waals surface area contributed by atoms with Crippen LogP contribution in [0.2, 0.25) is 0 Å². The maximum absolute atomic E-state index is 11.7. The molecule has 17 heavy (non-hydrogen) atoms. The minimum atomic E-state index is -0.501. The number of nitriles is 1. The monoisotopic (exact) mass is 253 g/mol. The molecule has 0 aliphatic heterocycles. The number of hydrogen-bond donors (Lipinski definition) is 0. The number of esters is 1. The van der Waals surface area contributed by atoms with Crippen molar-refractivity contribution in [3.8, 4) is 11.8 Å². The van der Waals surface area contributed by atoms with Crippen molar-refractivity contribution in [2.45, 2.75) is 12.8 Å². The molecule has 4 nitrogen and oxygen atoms in total. The molecular weight excluding hydrogens is 242 g/mol. The highest BCUT2D eigenvalue weighted by Gasteiger charge is 2.17. The van der Waals surface area contributed by atoms with E-state index in [9.17, 15) is 4.79 Å². The highest BCUT2D eigenvalue weighted by atomic mass is 35.5. The number of carbonyl (C=O) groups is 1. The fourth-order valence-corrected chi connectivity index (χ4v) is 1.70. The van der Waals surface area contributed by atoms with Gasteiger partial charge in [-0.25, -0.2) is 4.79 Å². The van der Waals surface area contributed by atoms with E-state index in [-0.39, 0.29) is 18.1 Å². The van der Waals surface area contributed by atoms with Crippen LogP contribution in [0.5, 0.6) is 5.75 Å². The summed E-state index contributed by atoms with van der Waals surface area (Å²) in [7, 11) is 1.46. The van der Waals surface area contributed by atoms with Gasteiger partial charge in [-0.15, -0.1) is 11.6 Å². The van der Waals surface area contributed by atoms with Gasteiger partial charge in [0.05, 0.1) is 36.8 Å². The van der Waals surface area contributed by atoms with Gasteiger partial charge in [-0.2, -0.15) is 5.26 Å². The van der Waals surface area contributed by atoms with Gasteiger partial charge in [0.25, 0.3) is 0 Å². The first kappa shape index (κ1) is 13.3. The number of methoxy groups -OCH3 is 1. The van der Waals surface area contributed by atoms with E-state index < -0.39 is 5.97 Å². The van der Waals surface area contributed by atoms with Gasteiger partial charge in [0, 0.05) is 5.56 Å². The van der Waals surface area contributed by atoms with Crippen molar-refractivity contribution in [2.75, 3.05) is 13.7 Å². The lowest BCUT2D eigenvalue weighted by molar-refractivity contribution is 0.0525. The van der Waals surface area contributed by atoms with Crippen molar-refractivity contribution in [1.29, 1.82) is 5.26 Å². The van der Waals surface area contributed by atoms with E-state index in [1.807, 2.05) is 6.07 Å². The second kappa shape index (κ2) is 6.12. The zero-order chi connectivity index (χ0) is 12.8. The Kier molecular flexibility index (Phi) is 4.80. The topological polar surface area (TPSA) is 59.3 Å². The van der Waals surface area contributed by atoms with Gasteiger partial charge in [-0.1, -0.05) is 0 Å². The molecule has 0 aliphatic carbocycles. The van der Waals surface area contributed by atoms with Gasteiger partial charge in [-0.05, 0) is 19.1 Å². The number of halogens is 1. The summed E-state index contributed by atoms with van der Waals surface area (Å²) >= 11 is 5.79. The van der Waals surface area contributed by atoms with Gasteiger partial charge >= 0.3 is 5.97 Å². The molecule has 0 amide bonds. The van der Waals surface area contributed by atoms with Crippen molar-refractivity contribution in [3.05, 3.63) is 28.8 Å². The summed E-state index contributed by atoms with van der Waals surface area (Å²) < 4.78 is 10.0. The van der Waals surface area contributed by atoms with Gasteiger partial charge in [-0.3, -0.25) is 0 Å². The van der Waals surface area contributed by atoms with E-state index in [0.717, 1.165) is 0 Å². The largest absolute Gasteiger partial charge is 0.496 e. The zero-order valence-corrected chi connectivity index (χ0v) is 10.4. The third-order valence-corrected chi connectivity index (χ3v) is 2.45. The summed E-state index contributed by atoms with van der Waals surface area (Å²) in [6.07, 6.45) is 0. The Hall–Kier alpha value is -1.73. The Balaban J connectivity index is 3.35. The number of rotatable bonds is 4. The highest BCUT2D eigenvalue weighted by Crippen LogP contribution is 2.27. The van der Waals surface area contributed by atoms with E-state index >= 15 is 0 Å². The van der Waals surface area contributed by atoms with E-state index in [1.54, 1.807) is 13.0 Å². The predicted molar refractivity (Wildman–Crippen MR) is 63.2 cm³/mol. The Morgan fingerprint density at radius 3 is 2.71 bits per heavy atom. The van der Waals surface area contributed by atoms with Crippen LogP contribution in [0.1, 0.15) is 28.4 Å². The molecule has 0 aromatic heterocycles. The molecule has 90 valence electrons. The third kappa shape index (κ3) is 2.89. The fraction of sp³-hybridized carbons (Fsp3) is 0.333. The molecule has 0 N–H and O–H groups in total. The normalized spacial score (nSPS) is 9.53. The van der Waals surface area contributed by atoms with Crippen molar-refractivity contribution in [2.24, 2.45) is 0 Å². The van der Waals surface area contributed by atoms with Gasteiger partial charge in [0.1, 0.15) is 5.75 Å². The molecule has 1 aromatic rings. The second-order valence-corrected chi connectivity index (χ2v) is 3.44. The van der Waals surface area contributed by atoms with Crippen LogP contribution in [0.25, 0.3) is 0 Å². The lowest BCUT2D eigenvalue weighted by Crippen LogP contribution is -2.09. The number of ether oxygens (including phenoxy) is 2. The maximum atomic E-state index is 11.7.